The van der Waals surface area contributed by atoms with Gasteiger partial charge in [-0.3, -0.25) is 0 Å². The lowest BCUT2D eigenvalue weighted by molar-refractivity contribution is 0.226. The summed E-state index contributed by atoms with van der Waals surface area (Å²) in [5, 5.41) is 3.37. The summed E-state index contributed by atoms with van der Waals surface area (Å²) in [6.07, 6.45) is 0. The summed E-state index contributed by atoms with van der Waals surface area (Å²) in [5.74, 6) is 1.29. The topological polar surface area (TPSA) is 50.5 Å². The largest absolute Gasteiger partial charge is 0.496 e. The van der Waals surface area contributed by atoms with Crippen molar-refractivity contribution in [1.29, 1.82) is 0 Å². The van der Waals surface area contributed by atoms with Gasteiger partial charge in [0.2, 0.25) is 0 Å². The van der Waals surface area contributed by atoms with E-state index in [0.717, 1.165) is 38.5 Å². The van der Waals surface area contributed by atoms with E-state index in [1.807, 2.05) is 12.1 Å². The SMILES string of the molecule is COc1ccccc1C(CN)CN1CCNCC1. The first-order valence-corrected chi connectivity index (χ1v) is 6.61. The molecule has 0 spiro atoms. The van der Waals surface area contributed by atoms with Crippen molar-refractivity contribution in [3.8, 4) is 5.75 Å². The van der Waals surface area contributed by atoms with Gasteiger partial charge in [0.15, 0.2) is 0 Å². The van der Waals surface area contributed by atoms with Gasteiger partial charge in [0.25, 0.3) is 0 Å². The number of methoxy groups -OCH3 is 1. The molecule has 0 bridgehead atoms. The predicted octanol–water partition coefficient (Wildman–Crippen LogP) is 0.643. The fourth-order valence-electron chi connectivity index (χ4n) is 2.51. The molecule has 0 saturated carbocycles. The second-order valence-corrected chi connectivity index (χ2v) is 4.73. The van der Waals surface area contributed by atoms with Crippen molar-refractivity contribution in [3.05, 3.63) is 29.8 Å². The van der Waals surface area contributed by atoms with Crippen LogP contribution in [0.15, 0.2) is 24.3 Å². The zero-order valence-corrected chi connectivity index (χ0v) is 11.1. The van der Waals surface area contributed by atoms with Crippen LogP contribution in [0.3, 0.4) is 0 Å². The highest BCUT2D eigenvalue weighted by atomic mass is 16.5. The van der Waals surface area contributed by atoms with Gasteiger partial charge in [-0.1, -0.05) is 18.2 Å². The Morgan fingerprint density at radius 2 is 2.06 bits per heavy atom. The van der Waals surface area contributed by atoms with E-state index in [-0.39, 0.29) is 0 Å². The zero-order chi connectivity index (χ0) is 12.8. The summed E-state index contributed by atoms with van der Waals surface area (Å²) in [4.78, 5) is 2.47. The van der Waals surface area contributed by atoms with Crippen LogP contribution in [0.4, 0.5) is 0 Å². The van der Waals surface area contributed by atoms with Crippen LogP contribution in [0.1, 0.15) is 11.5 Å². The average Bonchev–Trinajstić information content (AvgIpc) is 2.46. The minimum Gasteiger partial charge on any atom is -0.496 e. The Morgan fingerprint density at radius 1 is 1.33 bits per heavy atom. The Kier molecular flexibility index (Phi) is 4.99. The second-order valence-electron chi connectivity index (χ2n) is 4.73. The Morgan fingerprint density at radius 3 is 2.72 bits per heavy atom. The molecule has 100 valence electrons. The third-order valence-electron chi connectivity index (χ3n) is 3.55. The molecule has 4 heteroatoms. The molecule has 1 aliphatic heterocycles. The number of hydrogen-bond donors (Lipinski definition) is 2. The fourth-order valence-corrected chi connectivity index (χ4v) is 2.51. The van der Waals surface area contributed by atoms with Crippen molar-refractivity contribution in [2.24, 2.45) is 5.73 Å². The van der Waals surface area contributed by atoms with Crippen molar-refractivity contribution in [1.82, 2.24) is 10.2 Å². The highest BCUT2D eigenvalue weighted by Crippen LogP contribution is 2.26. The smallest absolute Gasteiger partial charge is 0.122 e. The number of ether oxygens (including phenoxy) is 1. The summed E-state index contributed by atoms with van der Waals surface area (Å²) >= 11 is 0. The zero-order valence-electron chi connectivity index (χ0n) is 11.1. The number of nitrogens with two attached hydrogens (primary N) is 1. The van der Waals surface area contributed by atoms with Gasteiger partial charge < -0.3 is 20.7 Å². The number of hydrogen-bond acceptors (Lipinski definition) is 4. The van der Waals surface area contributed by atoms with Gasteiger partial charge in [0.1, 0.15) is 5.75 Å². The van der Waals surface area contributed by atoms with Crippen LogP contribution in [0.5, 0.6) is 5.75 Å². The molecule has 1 unspecified atom stereocenters. The van der Waals surface area contributed by atoms with E-state index in [4.69, 9.17) is 10.5 Å². The van der Waals surface area contributed by atoms with E-state index in [1.165, 1.54) is 5.56 Å². The maximum atomic E-state index is 5.95. The highest BCUT2D eigenvalue weighted by Gasteiger charge is 2.19. The lowest BCUT2D eigenvalue weighted by Gasteiger charge is -2.31. The summed E-state index contributed by atoms with van der Waals surface area (Å²) in [5.41, 5.74) is 7.17. The maximum absolute atomic E-state index is 5.95. The van der Waals surface area contributed by atoms with Gasteiger partial charge in [-0.15, -0.1) is 0 Å². The number of piperazine rings is 1. The van der Waals surface area contributed by atoms with Crippen molar-refractivity contribution in [3.63, 3.8) is 0 Å². The molecule has 0 radical (unpaired) electrons. The normalized spacial score (nSPS) is 18.6. The minimum atomic E-state index is 0.347. The molecule has 18 heavy (non-hydrogen) atoms. The molecule has 1 aliphatic rings. The third-order valence-corrected chi connectivity index (χ3v) is 3.55. The van der Waals surface area contributed by atoms with Crippen LogP contribution in [-0.4, -0.2) is 51.3 Å². The molecular weight excluding hydrogens is 226 g/mol. The minimum absolute atomic E-state index is 0.347. The number of nitrogens with one attached hydrogen (secondary N) is 1. The molecule has 4 nitrogen and oxygen atoms in total. The van der Waals surface area contributed by atoms with Crippen molar-refractivity contribution in [2.75, 3.05) is 46.4 Å². The van der Waals surface area contributed by atoms with Crippen LogP contribution in [-0.2, 0) is 0 Å². The number of para-hydroxylation sites is 1. The van der Waals surface area contributed by atoms with E-state index in [1.54, 1.807) is 7.11 Å². The van der Waals surface area contributed by atoms with Crippen LogP contribution < -0.4 is 15.8 Å². The van der Waals surface area contributed by atoms with Gasteiger partial charge in [-0.2, -0.15) is 0 Å². The van der Waals surface area contributed by atoms with Crippen molar-refractivity contribution < 1.29 is 4.74 Å². The maximum Gasteiger partial charge on any atom is 0.122 e. The Bertz CT molecular complexity index is 364. The average molecular weight is 249 g/mol. The first-order valence-electron chi connectivity index (χ1n) is 6.61. The first-order chi connectivity index (χ1) is 8.85. The van der Waals surface area contributed by atoms with Crippen LogP contribution in [0, 0.1) is 0 Å². The molecule has 1 aromatic rings. The highest BCUT2D eigenvalue weighted by molar-refractivity contribution is 5.36. The van der Waals surface area contributed by atoms with E-state index in [2.05, 4.69) is 22.3 Å². The van der Waals surface area contributed by atoms with Gasteiger partial charge in [-0.05, 0) is 11.6 Å². The molecule has 0 aromatic heterocycles. The second kappa shape index (κ2) is 6.73. The monoisotopic (exact) mass is 249 g/mol. The van der Waals surface area contributed by atoms with E-state index in [0.29, 0.717) is 12.5 Å². The Balaban J connectivity index is 2.07. The predicted molar refractivity (Wildman–Crippen MR) is 74.1 cm³/mol. The van der Waals surface area contributed by atoms with Gasteiger partial charge in [-0.25, -0.2) is 0 Å². The number of rotatable bonds is 5. The molecule has 3 N–H and O–H groups in total. The molecule has 2 rings (SSSR count). The molecule has 0 amide bonds. The molecular formula is C14H23N3O. The molecule has 0 aliphatic carbocycles. The standard InChI is InChI=1S/C14H23N3O/c1-18-14-5-3-2-4-13(14)12(10-15)11-17-8-6-16-7-9-17/h2-5,12,16H,6-11,15H2,1H3. The molecule has 1 aromatic carbocycles. The number of benzene rings is 1. The van der Waals surface area contributed by atoms with Crippen LogP contribution >= 0.6 is 0 Å². The third kappa shape index (κ3) is 3.22. The molecule has 1 heterocycles. The Labute approximate surface area is 109 Å². The van der Waals surface area contributed by atoms with Crippen LogP contribution in [0.2, 0.25) is 0 Å². The first kappa shape index (κ1) is 13.3. The van der Waals surface area contributed by atoms with Crippen molar-refractivity contribution in [2.45, 2.75) is 5.92 Å². The van der Waals surface area contributed by atoms with Gasteiger partial charge in [0.05, 0.1) is 7.11 Å². The van der Waals surface area contributed by atoms with Crippen molar-refractivity contribution >= 4 is 0 Å². The molecule has 1 fully saturated rings. The summed E-state index contributed by atoms with van der Waals surface area (Å²) < 4.78 is 5.43. The number of nitrogens with zero attached hydrogens (tertiary/aromatic N) is 1. The lowest BCUT2D eigenvalue weighted by atomic mass is 9.97. The Hall–Kier alpha value is -1.10. The summed E-state index contributed by atoms with van der Waals surface area (Å²) in [6.45, 7) is 6.02. The molecule has 1 atom stereocenters. The lowest BCUT2D eigenvalue weighted by Crippen LogP contribution is -2.45. The van der Waals surface area contributed by atoms with Gasteiger partial charge in [0, 0.05) is 45.2 Å². The van der Waals surface area contributed by atoms with E-state index in [9.17, 15) is 0 Å². The van der Waals surface area contributed by atoms with Crippen LogP contribution in [0.25, 0.3) is 0 Å². The van der Waals surface area contributed by atoms with E-state index < -0.39 is 0 Å². The van der Waals surface area contributed by atoms with Gasteiger partial charge >= 0.3 is 0 Å². The van der Waals surface area contributed by atoms with E-state index >= 15 is 0 Å². The summed E-state index contributed by atoms with van der Waals surface area (Å²) in [6, 6.07) is 8.19. The quantitative estimate of drug-likeness (QED) is 0.804. The summed E-state index contributed by atoms with van der Waals surface area (Å²) in [7, 11) is 1.72. The molecule has 1 saturated heterocycles. The fraction of sp³-hybridized carbons (Fsp3) is 0.571.